The molecule has 0 saturated heterocycles. The summed E-state index contributed by atoms with van der Waals surface area (Å²) in [4.78, 5) is 24.0. The lowest BCUT2D eigenvalue weighted by Crippen LogP contribution is -2.37. The lowest BCUT2D eigenvalue weighted by atomic mass is 10.00. The molecular formula is C22H27N3O2. The monoisotopic (exact) mass is 365 g/mol. The molecule has 1 aliphatic carbocycles. The lowest BCUT2D eigenvalue weighted by molar-refractivity contribution is -0.117. The summed E-state index contributed by atoms with van der Waals surface area (Å²) in [6.07, 6.45) is 2.74. The van der Waals surface area contributed by atoms with E-state index in [1.54, 1.807) is 24.3 Å². The Bertz CT molecular complexity index is 826. The number of benzene rings is 2. The van der Waals surface area contributed by atoms with Crippen molar-refractivity contribution in [1.29, 1.82) is 0 Å². The molecular weight excluding hydrogens is 338 g/mol. The normalized spacial score (nSPS) is 14.3. The van der Waals surface area contributed by atoms with Crippen molar-refractivity contribution in [3.05, 3.63) is 59.2 Å². The first-order valence-electron chi connectivity index (χ1n) is 9.45. The van der Waals surface area contributed by atoms with E-state index in [1.807, 2.05) is 6.92 Å². The molecule has 1 unspecified atom stereocenters. The molecule has 0 aliphatic heterocycles. The smallest absolute Gasteiger partial charge is 0.319 e. The predicted octanol–water partition coefficient (Wildman–Crippen LogP) is 4.40. The van der Waals surface area contributed by atoms with Crippen LogP contribution in [0.5, 0.6) is 0 Å². The number of carbonyl (C=O) groups excluding carboxylic acids is 2. The van der Waals surface area contributed by atoms with E-state index in [2.05, 4.69) is 48.0 Å². The molecule has 2 aromatic rings. The standard InChI is InChI=1S/C22H27N3O2/c1-14-4-5-18(15(2)12-14)13-16(3)23-22(27)25-20-10-8-19(9-11-20)24-21(26)17-6-7-17/h4-5,8-12,16-17H,6-7,13H2,1-3H3,(H,24,26)(H2,23,25,27). The number of urea groups is 1. The molecule has 27 heavy (non-hydrogen) atoms. The van der Waals surface area contributed by atoms with E-state index >= 15 is 0 Å². The van der Waals surface area contributed by atoms with E-state index in [1.165, 1.54) is 16.7 Å². The van der Waals surface area contributed by atoms with Crippen LogP contribution in [-0.4, -0.2) is 18.0 Å². The minimum absolute atomic E-state index is 0.0171. The van der Waals surface area contributed by atoms with Crippen LogP contribution >= 0.6 is 0 Å². The number of amides is 3. The van der Waals surface area contributed by atoms with E-state index < -0.39 is 0 Å². The van der Waals surface area contributed by atoms with Gasteiger partial charge in [-0.1, -0.05) is 23.8 Å². The first kappa shape index (κ1) is 19.0. The molecule has 5 nitrogen and oxygen atoms in total. The maximum Gasteiger partial charge on any atom is 0.319 e. The Balaban J connectivity index is 1.48. The fourth-order valence-electron chi connectivity index (χ4n) is 3.07. The Morgan fingerprint density at radius 2 is 1.63 bits per heavy atom. The summed E-state index contributed by atoms with van der Waals surface area (Å²) in [5.41, 5.74) is 5.17. The van der Waals surface area contributed by atoms with Gasteiger partial charge in [0.05, 0.1) is 0 Å². The van der Waals surface area contributed by atoms with Gasteiger partial charge < -0.3 is 16.0 Å². The van der Waals surface area contributed by atoms with E-state index in [9.17, 15) is 9.59 Å². The zero-order valence-electron chi connectivity index (χ0n) is 16.1. The van der Waals surface area contributed by atoms with Gasteiger partial charge in [0.25, 0.3) is 0 Å². The molecule has 0 spiro atoms. The van der Waals surface area contributed by atoms with Gasteiger partial charge in [0.1, 0.15) is 0 Å². The zero-order chi connectivity index (χ0) is 19.4. The summed E-state index contributed by atoms with van der Waals surface area (Å²) in [5.74, 6) is 0.251. The van der Waals surface area contributed by atoms with Crippen molar-refractivity contribution in [3.8, 4) is 0 Å². The number of anilines is 2. The first-order valence-corrected chi connectivity index (χ1v) is 9.45. The third-order valence-corrected chi connectivity index (χ3v) is 4.76. The minimum atomic E-state index is -0.234. The third-order valence-electron chi connectivity index (χ3n) is 4.76. The number of carbonyl (C=O) groups is 2. The SMILES string of the molecule is Cc1ccc(CC(C)NC(=O)Nc2ccc(NC(=O)C3CC3)cc2)c(C)c1. The number of nitrogens with one attached hydrogen (secondary N) is 3. The molecule has 142 valence electrons. The molecule has 1 fully saturated rings. The second-order valence-electron chi connectivity index (χ2n) is 7.47. The largest absolute Gasteiger partial charge is 0.335 e. The van der Waals surface area contributed by atoms with Crippen LogP contribution in [0.3, 0.4) is 0 Å². The van der Waals surface area contributed by atoms with E-state index in [-0.39, 0.29) is 23.9 Å². The summed E-state index contributed by atoms with van der Waals surface area (Å²) in [5, 5.41) is 8.69. The molecule has 2 aromatic carbocycles. The van der Waals surface area contributed by atoms with Crippen LogP contribution in [-0.2, 0) is 11.2 Å². The van der Waals surface area contributed by atoms with Gasteiger partial charge in [-0.3, -0.25) is 4.79 Å². The summed E-state index contributed by atoms with van der Waals surface area (Å²) in [7, 11) is 0. The highest BCUT2D eigenvalue weighted by Gasteiger charge is 2.29. The molecule has 5 heteroatoms. The highest BCUT2D eigenvalue weighted by atomic mass is 16.2. The molecule has 1 aliphatic rings. The molecule has 1 saturated carbocycles. The van der Waals surface area contributed by atoms with Gasteiger partial charge in [-0.15, -0.1) is 0 Å². The molecule has 0 bridgehead atoms. The average molecular weight is 365 g/mol. The van der Waals surface area contributed by atoms with E-state index in [0.717, 1.165) is 24.9 Å². The molecule has 0 aromatic heterocycles. The van der Waals surface area contributed by atoms with Gasteiger partial charge >= 0.3 is 6.03 Å². The van der Waals surface area contributed by atoms with Crippen molar-refractivity contribution in [2.75, 3.05) is 10.6 Å². The second kappa shape index (κ2) is 8.25. The first-order chi connectivity index (χ1) is 12.9. The van der Waals surface area contributed by atoms with Gasteiger partial charge in [-0.25, -0.2) is 4.79 Å². The summed E-state index contributed by atoms with van der Waals surface area (Å²) >= 11 is 0. The summed E-state index contributed by atoms with van der Waals surface area (Å²) < 4.78 is 0. The fourth-order valence-corrected chi connectivity index (χ4v) is 3.07. The van der Waals surface area contributed by atoms with Crippen molar-refractivity contribution in [2.45, 2.75) is 46.1 Å². The fraction of sp³-hybridized carbons (Fsp3) is 0.364. The van der Waals surface area contributed by atoms with E-state index in [0.29, 0.717) is 5.69 Å². The maximum absolute atomic E-state index is 12.2. The molecule has 3 N–H and O–H groups in total. The van der Waals surface area contributed by atoms with Crippen LogP contribution in [0.2, 0.25) is 0 Å². The number of hydrogen-bond acceptors (Lipinski definition) is 2. The Labute approximate surface area is 160 Å². The van der Waals surface area contributed by atoms with Crippen molar-refractivity contribution < 1.29 is 9.59 Å². The van der Waals surface area contributed by atoms with E-state index in [4.69, 9.17) is 0 Å². The predicted molar refractivity (Wildman–Crippen MR) is 109 cm³/mol. The van der Waals surface area contributed by atoms with Crippen molar-refractivity contribution in [3.63, 3.8) is 0 Å². The van der Waals surface area contributed by atoms with Crippen molar-refractivity contribution >= 4 is 23.3 Å². The van der Waals surface area contributed by atoms with Crippen LogP contribution in [0.15, 0.2) is 42.5 Å². The molecule has 1 atom stereocenters. The van der Waals surface area contributed by atoms with Crippen LogP contribution in [0.1, 0.15) is 36.5 Å². The van der Waals surface area contributed by atoms with Crippen LogP contribution < -0.4 is 16.0 Å². The van der Waals surface area contributed by atoms with Gasteiger partial charge in [0.2, 0.25) is 5.91 Å². The van der Waals surface area contributed by atoms with Crippen LogP contribution in [0.4, 0.5) is 16.2 Å². The summed E-state index contributed by atoms with van der Waals surface area (Å²) in [6.45, 7) is 6.17. The van der Waals surface area contributed by atoms with Gasteiger partial charge in [-0.2, -0.15) is 0 Å². The molecule has 3 amide bonds. The quantitative estimate of drug-likeness (QED) is 0.710. The lowest BCUT2D eigenvalue weighted by Gasteiger charge is -2.16. The third kappa shape index (κ3) is 5.58. The zero-order valence-corrected chi connectivity index (χ0v) is 16.1. The average Bonchev–Trinajstić information content (AvgIpc) is 3.44. The molecule has 0 radical (unpaired) electrons. The van der Waals surface area contributed by atoms with Gasteiger partial charge in [0, 0.05) is 23.3 Å². The molecule has 0 heterocycles. The molecule has 3 rings (SSSR count). The van der Waals surface area contributed by atoms with Crippen molar-refractivity contribution in [1.82, 2.24) is 5.32 Å². The summed E-state index contributed by atoms with van der Waals surface area (Å²) in [6, 6.07) is 13.3. The van der Waals surface area contributed by atoms with Gasteiger partial charge in [-0.05, 0) is 75.4 Å². The Morgan fingerprint density at radius 1 is 1.00 bits per heavy atom. The minimum Gasteiger partial charge on any atom is -0.335 e. The van der Waals surface area contributed by atoms with Crippen molar-refractivity contribution in [2.24, 2.45) is 5.92 Å². The Morgan fingerprint density at radius 3 is 2.22 bits per heavy atom. The number of aryl methyl sites for hydroxylation is 2. The number of rotatable bonds is 6. The highest BCUT2D eigenvalue weighted by molar-refractivity contribution is 5.94. The number of hydrogen-bond donors (Lipinski definition) is 3. The second-order valence-corrected chi connectivity index (χ2v) is 7.47. The van der Waals surface area contributed by atoms with Crippen LogP contribution in [0.25, 0.3) is 0 Å². The topological polar surface area (TPSA) is 70.2 Å². The highest BCUT2D eigenvalue weighted by Crippen LogP contribution is 2.30. The van der Waals surface area contributed by atoms with Crippen LogP contribution in [0, 0.1) is 19.8 Å². The Hall–Kier alpha value is -2.82. The maximum atomic E-state index is 12.2. The Kier molecular flexibility index (Phi) is 5.79. The van der Waals surface area contributed by atoms with Gasteiger partial charge in [0.15, 0.2) is 0 Å².